The van der Waals surface area contributed by atoms with Crippen LogP contribution in [0.4, 0.5) is 0 Å². The van der Waals surface area contributed by atoms with Crippen molar-refractivity contribution >= 4 is 5.91 Å². The number of hydrogen-bond donors (Lipinski definition) is 2. The van der Waals surface area contributed by atoms with Crippen LogP contribution in [-0.4, -0.2) is 25.1 Å². The average molecular weight is 220 g/mol. The molecule has 0 unspecified atom stereocenters. The molecule has 16 heavy (non-hydrogen) atoms. The number of rotatable bonds is 4. The second-order valence-corrected chi connectivity index (χ2v) is 3.85. The molecule has 1 aromatic rings. The molecule has 0 fully saturated rings. The first-order valence-corrected chi connectivity index (χ1v) is 5.53. The van der Waals surface area contributed by atoms with Crippen molar-refractivity contribution in [1.82, 2.24) is 5.32 Å². The molecule has 0 bridgehead atoms. The third kappa shape index (κ3) is 2.33. The van der Waals surface area contributed by atoms with Crippen molar-refractivity contribution in [3.8, 4) is 5.75 Å². The minimum atomic E-state index is -0.379. The molecule has 2 rings (SSSR count). The maximum Gasteiger partial charge on any atom is 0.261 e. The van der Waals surface area contributed by atoms with Crippen molar-refractivity contribution in [2.45, 2.75) is 18.9 Å². The number of fused-ring (bicyclic) bond motifs is 1. The molecule has 1 amide bonds. The predicted octanol–water partition coefficient (Wildman–Crippen LogP) is 0.455. The highest BCUT2D eigenvalue weighted by atomic mass is 16.5. The fourth-order valence-electron chi connectivity index (χ4n) is 1.76. The molecular weight excluding hydrogens is 204 g/mol. The Morgan fingerprint density at radius 3 is 3.06 bits per heavy atom. The zero-order valence-electron chi connectivity index (χ0n) is 9.11. The van der Waals surface area contributed by atoms with E-state index in [1.54, 1.807) is 0 Å². The van der Waals surface area contributed by atoms with Gasteiger partial charge in [-0.1, -0.05) is 18.2 Å². The Hall–Kier alpha value is -1.55. The highest BCUT2D eigenvalue weighted by Crippen LogP contribution is 2.27. The van der Waals surface area contributed by atoms with Gasteiger partial charge in [-0.25, -0.2) is 0 Å². The third-order valence-corrected chi connectivity index (χ3v) is 2.62. The van der Waals surface area contributed by atoms with Crippen molar-refractivity contribution in [2.75, 3.05) is 13.1 Å². The Kier molecular flexibility index (Phi) is 3.41. The van der Waals surface area contributed by atoms with Gasteiger partial charge in [0.25, 0.3) is 5.91 Å². The van der Waals surface area contributed by atoms with E-state index in [4.69, 9.17) is 10.5 Å². The molecule has 1 aromatic carbocycles. The maximum absolute atomic E-state index is 11.7. The number of benzene rings is 1. The molecule has 0 spiro atoms. The summed E-state index contributed by atoms with van der Waals surface area (Å²) in [7, 11) is 0. The lowest BCUT2D eigenvalue weighted by Crippen LogP contribution is -2.38. The lowest BCUT2D eigenvalue weighted by Gasteiger charge is -2.10. The van der Waals surface area contributed by atoms with Crippen LogP contribution in [0.5, 0.6) is 5.75 Å². The summed E-state index contributed by atoms with van der Waals surface area (Å²) in [6.07, 6.45) is 1.07. The molecule has 0 aromatic heterocycles. The summed E-state index contributed by atoms with van der Waals surface area (Å²) in [5, 5.41) is 2.82. The number of ether oxygens (including phenoxy) is 1. The van der Waals surface area contributed by atoms with Gasteiger partial charge in [0, 0.05) is 13.0 Å². The van der Waals surface area contributed by atoms with Crippen LogP contribution in [0.3, 0.4) is 0 Å². The first-order chi connectivity index (χ1) is 7.81. The zero-order valence-corrected chi connectivity index (χ0v) is 9.11. The van der Waals surface area contributed by atoms with Gasteiger partial charge in [-0.15, -0.1) is 0 Å². The molecule has 1 aliphatic heterocycles. The Morgan fingerprint density at radius 2 is 2.31 bits per heavy atom. The van der Waals surface area contributed by atoms with Crippen molar-refractivity contribution in [1.29, 1.82) is 0 Å². The molecule has 3 N–H and O–H groups in total. The molecule has 0 aliphatic carbocycles. The lowest BCUT2D eigenvalue weighted by atomic mass is 10.1. The van der Waals surface area contributed by atoms with Crippen LogP contribution in [0, 0.1) is 0 Å². The van der Waals surface area contributed by atoms with Crippen molar-refractivity contribution in [3.63, 3.8) is 0 Å². The Bertz CT molecular complexity index is 354. The summed E-state index contributed by atoms with van der Waals surface area (Å²) >= 11 is 0. The van der Waals surface area contributed by atoms with Gasteiger partial charge in [0.15, 0.2) is 6.10 Å². The molecule has 0 saturated heterocycles. The molecule has 1 atom stereocenters. The molecule has 1 aliphatic rings. The summed E-state index contributed by atoms with van der Waals surface area (Å²) in [4.78, 5) is 11.7. The smallest absolute Gasteiger partial charge is 0.261 e. The average Bonchev–Trinajstić information content (AvgIpc) is 2.73. The standard InChI is InChI=1S/C12H16N2O2/c13-6-3-7-14-12(15)11-8-9-4-1-2-5-10(9)16-11/h1-2,4-5,11H,3,6-8,13H2,(H,14,15)/t11-/m1/s1. The van der Waals surface area contributed by atoms with Crippen LogP contribution >= 0.6 is 0 Å². The first-order valence-electron chi connectivity index (χ1n) is 5.53. The normalized spacial score (nSPS) is 17.7. The van der Waals surface area contributed by atoms with Crippen molar-refractivity contribution in [2.24, 2.45) is 5.73 Å². The topological polar surface area (TPSA) is 64.3 Å². The zero-order chi connectivity index (χ0) is 11.4. The van der Waals surface area contributed by atoms with Gasteiger partial charge < -0.3 is 15.8 Å². The minimum absolute atomic E-state index is 0.0512. The second-order valence-electron chi connectivity index (χ2n) is 3.85. The number of para-hydroxylation sites is 1. The van der Waals surface area contributed by atoms with E-state index in [1.165, 1.54) is 0 Å². The summed E-state index contributed by atoms with van der Waals surface area (Å²) in [6, 6.07) is 7.75. The van der Waals surface area contributed by atoms with E-state index in [1.807, 2.05) is 24.3 Å². The van der Waals surface area contributed by atoms with Gasteiger partial charge in [0.1, 0.15) is 5.75 Å². The summed E-state index contributed by atoms with van der Waals surface area (Å²) in [6.45, 7) is 1.21. The van der Waals surface area contributed by atoms with Gasteiger partial charge >= 0.3 is 0 Å². The number of hydrogen-bond acceptors (Lipinski definition) is 3. The molecule has 0 saturated carbocycles. The van der Waals surface area contributed by atoms with E-state index in [0.717, 1.165) is 17.7 Å². The predicted molar refractivity (Wildman–Crippen MR) is 61.2 cm³/mol. The molecule has 0 radical (unpaired) electrons. The van der Waals surface area contributed by atoms with Crippen LogP contribution < -0.4 is 15.8 Å². The van der Waals surface area contributed by atoms with Crippen LogP contribution in [0.1, 0.15) is 12.0 Å². The lowest BCUT2D eigenvalue weighted by molar-refractivity contribution is -0.127. The van der Waals surface area contributed by atoms with E-state index in [2.05, 4.69) is 5.32 Å². The molecule has 4 heteroatoms. The number of amides is 1. The fraction of sp³-hybridized carbons (Fsp3) is 0.417. The summed E-state index contributed by atoms with van der Waals surface area (Å²) < 4.78 is 5.56. The van der Waals surface area contributed by atoms with Crippen molar-refractivity contribution in [3.05, 3.63) is 29.8 Å². The number of nitrogens with two attached hydrogens (primary N) is 1. The van der Waals surface area contributed by atoms with Gasteiger partial charge in [0.2, 0.25) is 0 Å². The van der Waals surface area contributed by atoms with Crippen LogP contribution in [-0.2, 0) is 11.2 Å². The Balaban J connectivity index is 1.88. The van der Waals surface area contributed by atoms with E-state index in [9.17, 15) is 4.79 Å². The van der Waals surface area contributed by atoms with E-state index >= 15 is 0 Å². The van der Waals surface area contributed by atoms with E-state index in [0.29, 0.717) is 19.5 Å². The number of nitrogens with one attached hydrogen (secondary N) is 1. The van der Waals surface area contributed by atoms with Crippen LogP contribution in [0.2, 0.25) is 0 Å². The number of carbonyl (C=O) groups is 1. The SMILES string of the molecule is NCCCNC(=O)[C@H]1Cc2ccccc2O1. The number of carbonyl (C=O) groups excluding carboxylic acids is 1. The first kappa shape index (κ1) is 11.0. The Labute approximate surface area is 94.8 Å². The summed E-state index contributed by atoms with van der Waals surface area (Å²) in [5.74, 6) is 0.770. The monoisotopic (exact) mass is 220 g/mol. The van der Waals surface area contributed by atoms with Crippen LogP contribution in [0.25, 0.3) is 0 Å². The van der Waals surface area contributed by atoms with Gasteiger partial charge in [-0.3, -0.25) is 4.79 Å². The molecule has 86 valence electrons. The van der Waals surface area contributed by atoms with E-state index in [-0.39, 0.29) is 12.0 Å². The molecular formula is C12H16N2O2. The van der Waals surface area contributed by atoms with Crippen LogP contribution in [0.15, 0.2) is 24.3 Å². The van der Waals surface area contributed by atoms with E-state index < -0.39 is 0 Å². The third-order valence-electron chi connectivity index (χ3n) is 2.62. The minimum Gasteiger partial charge on any atom is -0.480 e. The fourth-order valence-corrected chi connectivity index (χ4v) is 1.76. The largest absolute Gasteiger partial charge is 0.480 e. The van der Waals surface area contributed by atoms with Gasteiger partial charge in [-0.05, 0) is 24.6 Å². The maximum atomic E-state index is 11.7. The van der Waals surface area contributed by atoms with Crippen molar-refractivity contribution < 1.29 is 9.53 Å². The second kappa shape index (κ2) is 4.99. The highest BCUT2D eigenvalue weighted by molar-refractivity contribution is 5.82. The molecule has 4 nitrogen and oxygen atoms in total. The quantitative estimate of drug-likeness (QED) is 0.724. The molecule has 1 heterocycles. The van der Waals surface area contributed by atoms with Gasteiger partial charge in [0.05, 0.1) is 0 Å². The highest BCUT2D eigenvalue weighted by Gasteiger charge is 2.28. The Morgan fingerprint density at radius 1 is 1.50 bits per heavy atom. The summed E-state index contributed by atoms with van der Waals surface area (Å²) in [5.41, 5.74) is 6.45. The van der Waals surface area contributed by atoms with Gasteiger partial charge in [-0.2, -0.15) is 0 Å².